The van der Waals surface area contributed by atoms with E-state index in [0.717, 1.165) is 18.9 Å². The molecule has 0 spiro atoms. The van der Waals surface area contributed by atoms with Gasteiger partial charge in [-0.2, -0.15) is 0 Å². The summed E-state index contributed by atoms with van der Waals surface area (Å²) in [5.41, 5.74) is 0. The first kappa shape index (κ1) is 10.7. The molecular formula is C11H16ClN3. The van der Waals surface area contributed by atoms with E-state index in [0.29, 0.717) is 17.1 Å². The number of halogens is 1. The zero-order valence-corrected chi connectivity index (χ0v) is 9.83. The van der Waals surface area contributed by atoms with Gasteiger partial charge in [0.25, 0.3) is 0 Å². The van der Waals surface area contributed by atoms with E-state index in [1.807, 2.05) is 12.1 Å². The van der Waals surface area contributed by atoms with Crippen LogP contribution in [-0.4, -0.2) is 30.2 Å². The molecule has 1 N–H and O–H groups in total. The van der Waals surface area contributed by atoms with Crippen molar-refractivity contribution in [3.63, 3.8) is 0 Å². The molecule has 1 aromatic rings. The number of anilines is 1. The smallest absolute Gasteiger partial charge is 0.129 e. The van der Waals surface area contributed by atoms with Crippen molar-refractivity contribution in [3.05, 3.63) is 23.4 Å². The van der Waals surface area contributed by atoms with Gasteiger partial charge in [-0.25, -0.2) is 4.98 Å². The van der Waals surface area contributed by atoms with E-state index < -0.39 is 0 Å². The SMILES string of the molecule is C[C@@H]1CNC[C@H](C)N1c1ccc(Cl)cn1. The topological polar surface area (TPSA) is 28.2 Å². The predicted molar refractivity (Wildman–Crippen MR) is 63.5 cm³/mol. The molecule has 15 heavy (non-hydrogen) atoms. The number of nitrogens with zero attached hydrogens (tertiary/aromatic N) is 2. The van der Waals surface area contributed by atoms with E-state index >= 15 is 0 Å². The fourth-order valence-electron chi connectivity index (χ4n) is 2.10. The minimum atomic E-state index is 0.474. The summed E-state index contributed by atoms with van der Waals surface area (Å²) < 4.78 is 0. The van der Waals surface area contributed by atoms with Gasteiger partial charge in [-0.1, -0.05) is 11.6 Å². The molecule has 2 heterocycles. The van der Waals surface area contributed by atoms with Crippen LogP contribution < -0.4 is 10.2 Å². The second kappa shape index (κ2) is 4.37. The molecule has 2 atom stereocenters. The van der Waals surface area contributed by atoms with Crippen molar-refractivity contribution in [1.82, 2.24) is 10.3 Å². The monoisotopic (exact) mass is 225 g/mol. The molecule has 0 unspecified atom stereocenters. The highest BCUT2D eigenvalue weighted by atomic mass is 35.5. The Morgan fingerprint density at radius 2 is 2.00 bits per heavy atom. The molecule has 4 heteroatoms. The van der Waals surface area contributed by atoms with Crippen molar-refractivity contribution in [3.8, 4) is 0 Å². The summed E-state index contributed by atoms with van der Waals surface area (Å²) in [6.45, 7) is 6.43. The van der Waals surface area contributed by atoms with Gasteiger partial charge in [-0.3, -0.25) is 0 Å². The fraction of sp³-hybridized carbons (Fsp3) is 0.545. The molecule has 0 radical (unpaired) electrons. The minimum absolute atomic E-state index is 0.474. The molecule has 0 saturated carbocycles. The Labute approximate surface area is 95.4 Å². The maximum atomic E-state index is 5.83. The molecule has 0 amide bonds. The minimum Gasteiger partial charge on any atom is -0.349 e. The van der Waals surface area contributed by atoms with Crippen LogP contribution in [0.2, 0.25) is 5.02 Å². The summed E-state index contributed by atoms with van der Waals surface area (Å²) in [5, 5.41) is 4.09. The summed E-state index contributed by atoms with van der Waals surface area (Å²) in [6, 6.07) is 4.83. The Bertz CT molecular complexity index is 315. The largest absolute Gasteiger partial charge is 0.349 e. The molecule has 0 bridgehead atoms. The average molecular weight is 226 g/mol. The third-order valence-corrected chi connectivity index (χ3v) is 3.03. The van der Waals surface area contributed by atoms with Crippen LogP contribution in [-0.2, 0) is 0 Å². The lowest BCUT2D eigenvalue weighted by Gasteiger charge is -2.40. The highest BCUT2D eigenvalue weighted by Crippen LogP contribution is 2.20. The normalized spacial score (nSPS) is 26.7. The van der Waals surface area contributed by atoms with Crippen LogP contribution in [0.5, 0.6) is 0 Å². The highest BCUT2D eigenvalue weighted by molar-refractivity contribution is 6.30. The maximum Gasteiger partial charge on any atom is 0.129 e. The van der Waals surface area contributed by atoms with E-state index in [4.69, 9.17) is 11.6 Å². The number of pyridine rings is 1. The average Bonchev–Trinajstić information content (AvgIpc) is 2.20. The zero-order chi connectivity index (χ0) is 10.8. The van der Waals surface area contributed by atoms with E-state index in [1.54, 1.807) is 6.20 Å². The molecule has 0 aliphatic carbocycles. The number of aromatic nitrogens is 1. The lowest BCUT2D eigenvalue weighted by molar-refractivity contribution is 0.429. The lowest BCUT2D eigenvalue weighted by Crippen LogP contribution is -2.55. The van der Waals surface area contributed by atoms with Gasteiger partial charge >= 0.3 is 0 Å². The van der Waals surface area contributed by atoms with Crippen molar-refractivity contribution in [2.45, 2.75) is 25.9 Å². The first-order valence-electron chi connectivity index (χ1n) is 5.29. The first-order valence-corrected chi connectivity index (χ1v) is 5.67. The molecule has 0 aromatic carbocycles. The molecule has 1 aromatic heterocycles. The third kappa shape index (κ3) is 2.24. The molecule has 1 saturated heterocycles. The quantitative estimate of drug-likeness (QED) is 0.792. The van der Waals surface area contributed by atoms with E-state index in [9.17, 15) is 0 Å². The number of hydrogen-bond donors (Lipinski definition) is 1. The van der Waals surface area contributed by atoms with Crippen LogP contribution in [0.4, 0.5) is 5.82 Å². The van der Waals surface area contributed by atoms with Gasteiger partial charge in [0.1, 0.15) is 5.82 Å². The molecular weight excluding hydrogens is 210 g/mol. The van der Waals surface area contributed by atoms with Crippen LogP contribution in [0.25, 0.3) is 0 Å². The van der Waals surface area contributed by atoms with Crippen LogP contribution in [0.1, 0.15) is 13.8 Å². The van der Waals surface area contributed by atoms with Crippen molar-refractivity contribution in [2.24, 2.45) is 0 Å². The van der Waals surface area contributed by atoms with Crippen LogP contribution in [0.3, 0.4) is 0 Å². The fourth-order valence-corrected chi connectivity index (χ4v) is 2.22. The Kier molecular flexibility index (Phi) is 3.12. The van der Waals surface area contributed by atoms with Crippen molar-refractivity contribution < 1.29 is 0 Å². The first-order chi connectivity index (χ1) is 7.18. The van der Waals surface area contributed by atoms with Gasteiger partial charge in [0.05, 0.1) is 5.02 Å². The van der Waals surface area contributed by atoms with Crippen molar-refractivity contribution >= 4 is 17.4 Å². The second-order valence-electron chi connectivity index (χ2n) is 4.10. The van der Waals surface area contributed by atoms with Gasteiger partial charge in [-0.15, -0.1) is 0 Å². The van der Waals surface area contributed by atoms with E-state index in [-0.39, 0.29) is 0 Å². The van der Waals surface area contributed by atoms with Gasteiger partial charge in [0.15, 0.2) is 0 Å². The van der Waals surface area contributed by atoms with Gasteiger partial charge in [0, 0.05) is 31.4 Å². The number of rotatable bonds is 1. The van der Waals surface area contributed by atoms with Crippen LogP contribution >= 0.6 is 11.6 Å². The summed E-state index contributed by atoms with van der Waals surface area (Å²) in [6.07, 6.45) is 1.71. The maximum absolute atomic E-state index is 5.83. The molecule has 2 rings (SSSR count). The number of hydrogen-bond acceptors (Lipinski definition) is 3. The molecule has 1 aliphatic heterocycles. The van der Waals surface area contributed by atoms with E-state index in [2.05, 4.69) is 29.0 Å². The number of nitrogens with one attached hydrogen (secondary N) is 1. The summed E-state index contributed by atoms with van der Waals surface area (Å²) in [5.74, 6) is 1.01. The Morgan fingerprint density at radius 3 is 2.53 bits per heavy atom. The zero-order valence-electron chi connectivity index (χ0n) is 9.07. The summed E-state index contributed by atoms with van der Waals surface area (Å²) in [7, 11) is 0. The second-order valence-corrected chi connectivity index (χ2v) is 4.53. The van der Waals surface area contributed by atoms with Crippen molar-refractivity contribution in [1.29, 1.82) is 0 Å². The van der Waals surface area contributed by atoms with Crippen LogP contribution in [0.15, 0.2) is 18.3 Å². The third-order valence-electron chi connectivity index (χ3n) is 2.81. The Morgan fingerprint density at radius 1 is 1.33 bits per heavy atom. The van der Waals surface area contributed by atoms with Gasteiger partial charge in [-0.05, 0) is 26.0 Å². The number of piperazine rings is 1. The molecule has 1 fully saturated rings. The highest BCUT2D eigenvalue weighted by Gasteiger charge is 2.25. The van der Waals surface area contributed by atoms with E-state index in [1.165, 1.54) is 0 Å². The van der Waals surface area contributed by atoms with Gasteiger partial charge in [0.2, 0.25) is 0 Å². The standard InChI is InChI=1S/C11H16ClN3/c1-8-5-13-6-9(2)15(8)11-4-3-10(12)7-14-11/h3-4,7-9,13H,5-6H2,1-2H3/t8-,9+. The molecule has 3 nitrogen and oxygen atoms in total. The predicted octanol–water partition coefficient (Wildman–Crippen LogP) is 1.92. The Hall–Kier alpha value is -0.800. The lowest BCUT2D eigenvalue weighted by atomic mass is 10.1. The van der Waals surface area contributed by atoms with Crippen molar-refractivity contribution in [2.75, 3.05) is 18.0 Å². The Balaban J connectivity index is 2.23. The van der Waals surface area contributed by atoms with Gasteiger partial charge < -0.3 is 10.2 Å². The molecule has 82 valence electrons. The molecule has 1 aliphatic rings. The van der Waals surface area contributed by atoms with Crippen LogP contribution in [0, 0.1) is 0 Å². The summed E-state index contributed by atoms with van der Waals surface area (Å²) in [4.78, 5) is 6.71. The summed E-state index contributed by atoms with van der Waals surface area (Å²) >= 11 is 5.83.